The van der Waals surface area contributed by atoms with Gasteiger partial charge in [0.2, 0.25) is 0 Å². The number of benzene rings is 1. The lowest BCUT2D eigenvalue weighted by molar-refractivity contribution is -0.137. The average molecular weight is 239 g/mol. The van der Waals surface area contributed by atoms with Gasteiger partial charge >= 0.3 is 6.18 Å². The summed E-state index contributed by atoms with van der Waals surface area (Å²) < 4.78 is 36.8. The molecule has 0 aliphatic carbocycles. The average Bonchev–Trinajstić information content (AvgIpc) is 2.14. The van der Waals surface area contributed by atoms with Crippen LogP contribution in [0, 0.1) is 0 Å². The minimum atomic E-state index is -4.53. The van der Waals surface area contributed by atoms with E-state index in [1.54, 1.807) is 5.43 Å². The molecule has 3 nitrogen and oxygen atoms in total. The molecule has 0 saturated carbocycles. The molecule has 1 rings (SSSR count). The Bertz CT molecular complexity index is 392. The molecule has 0 fully saturated rings. The fraction of sp³-hybridized carbons (Fsp3) is 0.125. The smallest absolute Gasteiger partial charge is 0.290 e. The first-order valence-corrected chi connectivity index (χ1v) is 4.11. The molecular formula is C8H6ClF3N2O. The van der Waals surface area contributed by atoms with Gasteiger partial charge in [-0.3, -0.25) is 10.2 Å². The summed E-state index contributed by atoms with van der Waals surface area (Å²) in [5.41, 5.74) is 0.768. The highest BCUT2D eigenvalue weighted by Gasteiger charge is 2.33. The van der Waals surface area contributed by atoms with Gasteiger partial charge in [-0.25, -0.2) is 5.84 Å². The van der Waals surface area contributed by atoms with Crippen molar-refractivity contribution >= 4 is 17.5 Å². The van der Waals surface area contributed by atoms with Crippen molar-refractivity contribution in [2.45, 2.75) is 6.18 Å². The first-order valence-electron chi connectivity index (χ1n) is 3.74. The minimum Gasteiger partial charge on any atom is -0.290 e. The Morgan fingerprint density at radius 2 is 2.00 bits per heavy atom. The van der Waals surface area contributed by atoms with Gasteiger partial charge in [0.15, 0.2) is 0 Å². The van der Waals surface area contributed by atoms with Gasteiger partial charge in [0.25, 0.3) is 5.91 Å². The van der Waals surface area contributed by atoms with E-state index >= 15 is 0 Å². The molecule has 0 unspecified atom stereocenters. The lowest BCUT2D eigenvalue weighted by Gasteiger charge is -2.09. The third-order valence-electron chi connectivity index (χ3n) is 1.67. The van der Waals surface area contributed by atoms with E-state index in [9.17, 15) is 18.0 Å². The van der Waals surface area contributed by atoms with Crippen LogP contribution in [0.25, 0.3) is 0 Å². The zero-order valence-corrected chi connectivity index (χ0v) is 7.99. The Hall–Kier alpha value is -1.27. The number of alkyl halides is 3. The number of amides is 1. The molecule has 0 heterocycles. The van der Waals surface area contributed by atoms with Crippen molar-refractivity contribution in [2.75, 3.05) is 0 Å². The Morgan fingerprint density at radius 3 is 2.40 bits per heavy atom. The molecule has 0 saturated heterocycles. The number of nitrogen functional groups attached to an aromatic ring is 1. The van der Waals surface area contributed by atoms with E-state index in [0.29, 0.717) is 0 Å². The Kier molecular flexibility index (Phi) is 3.21. The van der Waals surface area contributed by atoms with Crippen molar-refractivity contribution in [3.63, 3.8) is 0 Å². The predicted octanol–water partition coefficient (Wildman–Crippen LogP) is 1.96. The van der Waals surface area contributed by atoms with E-state index < -0.39 is 22.7 Å². The van der Waals surface area contributed by atoms with Crippen LogP contribution in [0.4, 0.5) is 13.2 Å². The molecule has 3 N–H and O–H groups in total. The maximum absolute atomic E-state index is 12.3. The molecule has 15 heavy (non-hydrogen) atoms. The molecule has 0 aliphatic rings. The largest absolute Gasteiger partial charge is 0.417 e. The summed E-state index contributed by atoms with van der Waals surface area (Å²) >= 11 is 5.37. The number of nitrogens with one attached hydrogen (secondary N) is 1. The Balaban J connectivity index is 3.15. The second kappa shape index (κ2) is 4.08. The van der Waals surface area contributed by atoms with E-state index in [0.717, 1.165) is 18.2 Å². The summed E-state index contributed by atoms with van der Waals surface area (Å²) in [4.78, 5) is 11.0. The molecule has 1 aromatic carbocycles. The van der Waals surface area contributed by atoms with Gasteiger partial charge < -0.3 is 0 Å². The van der Waals surface area contributed by atoms with Crippen LogP contribution in [0.2, 0.25) is 5.02 Å². The molecule has 1 amide bonds. The third-order valence-corrected chi connectivity index (χ3v) is 1.98. The lowest BCUT2D eigenvalue weighted by Crippen LogP contribution is -2.30. The van der Waals surface area contributed by atoms with Crippen molar-refractivity contribution < 1.29 is 18.0 Å². The number of hydrazine groups is 1. The molecule has 0 atom stereocenters. The van der Waals surface area contributed by atoms with Crippen LogP contribution in [-0.4, -0.2) is 5.91 Å². The topological polar surface area (TPSA) is 55.1 Å². The number of carbonyl (C=O) groups is 1. The first kappa shape index (κ1) is 11.8. The van der Waals surface area contributed by atoms with Crippen LogP contribution >= 0.6 is 11.6 Å². The number of rotatable bonds is 1. The Morgan fingerprint density at radius 1 is 1.40 bits per heavy atom. The van der Waals surface area contributed by atoms with Gasteiger partial charge in [0.1, 0.15) is 0 Å². The number of hydrogen-bond acceptors (Lipinski definition) is 2. The summed E-state index contributed by atoms with van der Waals surface area (Å²) in [6.07, 6.45) is -4.53. The highest BCUT2D eigenvalue weighted by Crippen LogP contribution is 2.34. The summed E-state index contributed by atoms with van der Waals surface area (Å²) in [6.45, 7) is 0. The van der Waals surface area contributed by atoms with Crippen molar-refractivity contribution in [1.82, 2.24) is 5.43 Å². The van der Waals surface area contributed by atoms with Crippen LogP contribution in [0.15, 0.2) is 18.2 Å². The van der Waals surface area contributed by atoms with E-state index in [4.69, 9.17) is 17.4 Å². The van der Waals surface area contributed by atoms with Crippen molar-refractivity contribution in [3.05, 3.63) is 34.3 Å². The first-order chi connectivity index (χ1) is 6.86. The van der Waals surface area contributed by atoms with Gasteiger partial charge in [-0.2, -0.15) is 13.2 Å². The molecule has 1 aromatic rings. The highest BCUT2D eigenvalue weighted by molar-refractivity contribution is 6.31. The fourth-order valence-electron chi connectivity index (χ4n) is 0.970. The summed E-state index contributed by atoms with van der Waals surface area (Å²) in [5, 5.41) is -0.538. The van der Waals surface area contributed by atoms with Gasteiger partial charge in [-0.15, -0.1) is 0 Å². The second-order valence-corrected chi connectivity index (χ2v) is 3.07. The molecule has 0 aromatic heterocycles. The fourth-order valence-corrected chi connectivity index (χ4v) is 1.26. The molecule has 0 spiro atoms. The summed E-state index contributed by atoms with van der Waals surface area (Å²) in [5.74, 6) is 4.11. The quantitative estimate of drug-likeness (QED) is 0.446. The summed E-state index contributed by atoms with van der Waals surface area (Å²) in [6, 6.07) is 2.64. The standard InChI is InChI=1S/C8H6ClF3N2O/c9-6-3-4(7(15)14-13)1-2-5(6)8(10,11)12/h1-3H,13H2,(H,14,15). The maximum atomic E-state index is 12.3. The van der Waals surface area contributed by atoms with E-state index in [1.165, 1.54) is 0 Å². The Labute approximate surface area is 88.0 Å². The number of halogens is 4. The third kappa shape index (κ3) is 2.60. The van der Waals surface area contributed by atoms with Crippen molar-refractivity contribution in [2.24, 2.45) is 5.84 Å². The molecule has 0 radical (unpaired) electrons. The van der Waals surface area contributed by atoms with Gasteiger partial charge in [0, 0.05) is 5.56 Å². The van der Waals surface area contributed by atoms with Crippen LogP contribution in [0.1, 0.15) is 15.9 Å². The number of carbonyl (C=O) groups excluding carboxylic acids is 1. The lowest BCUT2D eigenvalue weighted by atomic mass is 10.1. The van der Waals surface area contributed by atoms with Crippen molar-refractivity contribution in [3.8, 4) is 0 Å². The molecule has 82 valence electrons. The van der Waals surface area contributed by atoms with E-state index in [-0.39, 0.29) is 5.56 Å². The highest BCUT2D eigenvalue weighted by atomic mass is 35.5. The zero-order chi connectivity index (χ0) is 11.6. The van der Waals surface area contributed by atoms with Crippen LogP contribution in [0.3, 0.4) is 0 Å². The maximum Gasteiger partial charge on any atom is 0.417 e. The second-order valence-electron chi connectivity index (χ2n) is 2.67. The van der Waals surface area contributed by atoms with Crippen molar-refractivity contribution in [1.29, 1.82) is 0 Å². The normalized spacial score (nSPS) is 11.3. The van der Waals surface area contributed by atoms with Gasteiger partial charge in [-0.1, -0.05) is 11.6 Å². The molecule has 0 bridgehead atoms. The van der Waals surface area contributed by atoms with Crippen LogP contribution < -0.4 is 11.3 Å². The molecule has 7 heteroatoms. The summed E-state index contributed by atoms with van der Waals surface area (Å²) in [7, 11) is 0. The predicted molar refractivity (Wildman–Crippen MR) is 48.1 cm³/mol. The van der Waals surface area contributed by atoms with Crippen LogP contribution in [0.5, 0.6) is 0 Å². The van der Waals surface area contributed by atoms with Gasteiger partial charge in [-0.05, 0) is 18.2 Å². The van der Waals surface area contributed by atoms with Crippen LogP contribution in [-0.2, 0) is 6.18 Å². The SMILES string of the molecule is NNC(=O)c1ccc(C(F)(F)F)c(Cl)c1. The van der Waals surface area contributed by atoms with Gasteiger partial charge in [0.05, 0.1) is 10.6 Å². The minimum absolute atomic E-state index is 0.0319. The monoisotopic (exact) mass is 238 g/mol. The molecule has 0 aliphatic heterocycles. The number of hydrogen-bond donors (Lipinski definition) is 2. The van der Waals surface area contributed by atoms with E-state index in [1.807, 2.05) is 0 Å². The number of nitrogens with two attached hydrogens (primary N) is 1. The zero-order valence-electron chi connectivity index (χ0n) is 7.23. The molecular weight excluding hydrogens is 233 g/mol. The van der Waals surface area contributed by atoms with E-state index in [2.05, 4.69) is 0 Å².